The summed E-state index contributed by atoms with van der Waals surface area (Å²) in [5.41, 5.74) is 1.12. The molecule has 1 N–H and O–H groups in total. The summed E-state index contributed by atoms with van der Waals surface area (Å²) in [7, 11) is 0. The van der Waals surface area contributed by atoms with Crippen LogP contribution in [0.15, 0.2) is 12.1 Å². The predicted octanol–water partition coefficient (Wildman–Crippen LogP) is 4.99. The summed E-state index contributed by atoms with van der Waals surface area (Å²) < 4.78 is 5.72. The van der Waals surface area contributed by atoms with Gasteiger partial charge in [-0.25, -0.2) is 0 Å². The quantitative estimate of drug-likeness (QED) is 0.831. The molecule has 0 bridgehead atoms. The first-order valence-electron chi connectivity index (χ1n) is 7.53. The summed E-state index contributed by atoms with van der Waals surface area (Å²) in [5.74, 6) is 1.55. The number of hydrogen-bond acceptors (Lipinski definition) is 2. The summed E-state index contributed by atoms with van der Waals surface area (Å²) >= 11 is 12.4. The molecule has 0 spiro atoms. The van der Waals surface area contributed by atoms with Crippen molar-refractivity contribution in [3.8, 4) is 5.75 Å². The van der Waals surface area contributed by atoms with Crippen molar-refractivity contribution in [3.63, 3.8) is 0 Å². The Hall–Kier alpha value is -0.440. The second kappa shape index (κ2) is 6.13. The normalized spacial score (nSPS) is 29.6. The van der Waals surface area contributed by atoms with E-state index >= 15 is 0 Å². The molecule has 1 heterocycles. The second-order valence-corrected chi connectivity index (χ2v) is 6.87. The van der Waals surface area contributed by atoms with Crippen LogP contribution in [0.2, 0.25) is 10.0 Å². The standard InChI is InChI=1S/C16H21Cl2NO/c1-10-4-2-3-5-14(10)19-15-6-7-20-16-12(15)8-11(17)9-13(16)18/h8-10,14-15,19H,2-7H2,1H3. The molecule has 1 aromatic rings. The lowest BCUT2D eigenvalue weighted by Gasteiger charge is -2.36. The van der Waals surface area contributed by atoms with Gasteiger partial charge in [0.15, 0.2) is 0 Å². The topological polar surface area (TPSA) is 21.3 Å². The molecule has 1 fully saturated rings. The third-order valence-electron chi connectivity index (χ3n) is 4.59. The molecular weight excluding hydrogens is 293 g/mol. The number of ether oxygens (including phenoxy) is 1. The maximum absolute atomic E-state index is 6.25. The van der Waals surface area contributed by atoms with Crippen molar-refractivity contribution in [1.29, 1.82) is 0 Å². The van der Waals surface area contributed by atoms with E-state index in [-0.39, 0.29) is 0 Å². The van der Waals surface area contributed by atoms with Crippen LogP contribution in [0, 0.1) is 5.92 Å². The van der Waals surface area contributed by atoms with Gasteiger partial charge in [0.2, 0.25) is 0 Å². The van der Waals surface area contributed by atoms with E-state index in [0.717, 1.165) is 23.7 Å². The van der Waals surface area contributed by atoms with Gasteiger partial charge in [0.05, 0.1) is 11.6 Å². The average Bonchev–Trinajstić information content (AvgIpc) is 2.42. The highest BCUT2D eigenvalue weighted by Crippen LogP contribution is 2.40. The maximum atomic E-state index is 6.25. The van der Waals surface area contributed by atoms with Gasteiger partial charge in [-0.15, -0.1) is 0 Å². The van der Waals surface area contributed by atoms with Crippen LogP contribution in [0.25, 0.3) is 0 Å². The largest absolute Gasteiger partial charge is 0.492 e. The Balaban J connectivity index is 1.82. The highest BCUT2D eigenvalue weighted by Gasteiger charge is 2.29. The average molecular weight is 314 g/mol. The van der Waals surface area contributed by atoms with Gasteiger partial charge in [0.25, 0.3) is 0 Å². The van der Waals surface area contributed by atoms with Crippen LogP contribution in [0.4, 0.5) is 0 Å². The number of fused-ring (bicyclic) bond motifs is 1. The van der Waals surface area contributed by atoms with Crippen LogP contribution in [0.5, 0.6) is 5.75 Å². The molecule has 20 heavy (non-hydrogen) atoms. The molecule has 2 nitrogen and oxygen atoms in total. The zero-order valence-electron chi connectivity index (χ0n) is 11.8. The van der Waals surface area contributed by atoms with Crippen LogP contribution in [-0.2, 0) is 0 Å². The highest BCUT2D eigenvalue weighted by atomic mass is 35.5. The third kappa shape index (κ3) is 2.93. The van der Waals surface area contributed by atoms with E-state index in [1.54, 1.807) is 6.07 Å². The molecule has 3 unspecified atom stereocenters. The fourth-order valence-corrected chi connectivity index (χ4v) is 3.98. The number of hydrogen-bond donors (Lipinski definition) is 1. The smallest absolute Gasteiger partial charge is 0.142 e. The van der Waals surface area contributed by atoms with Crippen molar-refractivity contribution in [2.24, 2.45) is 5.92 Å². The Labute approximate surface area is 130 Å². The Morgan fingerprint density at radius 3 is 2.75 bits per heavy atom. The monoisotopic (exact) mass is 313 g/mol. The van der Waals surface area contributed by atoms with Crippen molar-refractivity contribution >= 4 is 23.2 Å². The molecule has 110 valence electrons. The minimum Gasteiger partial charge on any atom is -0.492 e. The minimum atomic E-state index is 0.306. The summed E-state index contributed by atoms with van der Waals surface area (Å²) in [6.45, 7) is 3.06. The van der Waals surface area contributed by atoms with Gasteiger partial charge in [-0.05, 0) is 30.9 Å². The molecule has 2 aliphatic rings. The lowest BCUT2D eigenvalue weighted by molar-refractivity contribution is 0.209. The number of halogens is 2. The van der Waals surface area contributed by atoms with Crippen molar-refractivity contribution in [3.05, 3.63) is 27.7 Å². The van der Waals surface area contributed by atoms with Gasteiger partial charge in [0.1, 0.15) is 5.75 Å². The molecule has 0 radical (unpaired) electrons. The molecule has 1 aromatic carbocycles. The summed E-state index contributed by atoms with van der Waals surface area (Å²) in [6.07, 6.45) is 6.26. The number of rotatable bonds is 2. The SMILES string of the molecule is CC1CCCCC1NC1CCOc2c(Cl)cc(Cl)cc21. The van der Waals surface area contributed by atoms with Crippen molar-refractivity contribution < 1.29 is 4.74 Å². The minimum absolute atomic E-state index is 0.306. The van der Waals surface area contributed by atoms with Crippen LogP contribution >= 0.6 is 23.2 Å². The first kappa shape index (κ1) is 14.5. The summed E-state index contributed by atoms with van der Waals surface area (Å²) in [6, 6.07) is 4.65. The molecule has 3 atom stereocenters. The second-order valence-electron chi connectivity index (χ2n) is 6.03. The van der Waals surface area contributed by atoms with E-state index in [9.17, 15) is 0 Å². The molecular formula is C16H21Cl2NO. The molecule has 1 saturated carbocycles. The molecule has 4 heteroatoms. The fraction of sp³-hybridized carbons (Fsp3) is 0.625. The van der Waals surface area contributed by atoms with E-state index in [4.69, 9.17) is 27.9 Å². The van der Waals surface area contributed by atoms with Gasteiger partial charge >= 0.3 is 0 Å². The predicted molar refractivity (Wildman–Crippen MR) is 83.9 cm³/mol. The van der Waals surface area contributed by atoms with Gasteiger partial charge in [-0.2, -0.15) is 0 Å². The van der Waals surface area contributed by atoms with Gasteiger partial charge < -0.3 is 10.1 Å². The lowest BCUT2D eigenvalue weighted by Crippen LogP contribution is -2.41. The zero-order valence-corrected chi connectivity index (χ0v) is 13.3. The van der Waals surface area contributed by atoms with Crippen molar-refractivity contribution in [1.82, 2.24) is 5.32 Å². The van der Waals surface area contributed by atoms with E-state index in [0.29, 0.717) is 28.7 Å². The van der Waals surface area contributed by atoms with E-state index in [1.165, 1.54) is 25.7 Å². The zero-order chi connectivity index (χ0) is 14.1. The molecule has 0 amide bonds. The van der Waals surface area contributed by atoms with E-state index in [1.807, 2.05) is 6.07 Å². The van der Waals surface area contributed by atoms with Gasteiger partial charge in [-0.1, -0.05) is 43.0 Å². The van der Waals surface area contributed by atoms with Gasteiger partial charge in [-0.3, -0.25) is 0 Å². The Bertz CT molecular complexity index is 492. The van der Waals surface area contributed by atoms with Crippen LogP contribution in [0.1, 0.15) is 50.6 Å². The first-order chi connectivity index (χ1) is 9.65. The van der Waals surface area contributed by atoms with Crippen LogP contribution in [-0.4, -0.2) is 12.6 Å². The fourth-order valence-electron chi connectivity index (χ4n) is 3.42. The van der Waals surface area contributed by atoms with Crippen LogP contribution < -0.4 is 10.1 Å². The molecule has 3 rings (SSSR count). The third-order valence-corrected chi connectivity index (χ3v) is 5.09. The maximum Gasteiger partial charge on any atom is 0.142 e. The summed E-state index contributed by atoms with van der Waals surface area (Å²) in [4.78, 5) is 0. The van der Waals surface area contributed by atoms with E-state index < -0.39 is 0 Å². The molecule has 0 aromatic heterocycles. The highest BCUT2D eigenvalue weighted by molar-refractivity contribution is 6.35. The van der Waals surface area contributed by atoms with E-state index in [2.05, 4.69) is 12.2 Å². The molecule has 1 aliphatic heterocycles. The number of nitrogens with one attached hydrogen (secondary N) is 1. The Morgan fingerprint density at radius 1 is 1.15 bits per heavy atom. The van der Waals surface area contributed by atoms with Crippen molar-refractivity contribution in [2.45, 2.75) is 51.1 Å². The van der Waals surface area contributed by atoms with Gasteiger partial charge in [0, 0.05) is 29.1 Å². The van der Waals surface area contributed by atoms with Crippen LogP contribution in [0.3, 0.4) is 0 Å². The summed E-state index contributed by atoms with van der Waals surface area (Å²) in [5, 5.41) is 5.13. The molecule has 1 aliphatic carbocycles. The Morgan fingerprint density at radius 2 is 1.95 bits per heavy atom. The molecule has 0 saturated heterocycles. The van der Waals surface area contributed by atoms with Crippen molar-refractivity contribution in [2.75, 3.05) is 6.61 Å². The Kier molecular flexibility index (Phi) is 4.44. The lowest BCUT2D eigenvalue weighted by atomic mass is 9.84. The first-order valence-corrected chi connectivity index (χ1v) is 8.28. The number of benzene rings is 1.